The van der Waals surface area contributed by atoms with Gasteiger partial charge in [0.25, 0.3) is 11.8 Å². The SMILES string of the molecule is O=C1Nc2ccccc2/C1=C/c1ccc(C(=O)Nc2nnc(SCc3cccc(OC(F)(F)F)c3)[nH]2)[nH]1. The summed E-state index contributed by atoms with van der Waals surface area (Å²) in [5.41, 5.74) is 3.38. The number of carbonyl (C=O) groups excluding carboxylic acids is 2. The van der Waals surface area contributed by atoms with E-state index >= 15 is 0 Å². The fourth-order valence-electron chi connectivity index (χ4n) is 3.59. The molecule has 37 heavy (non-hydrogen) atoms. The van der Waals surface area contributed by atoms with Gasteiger partial charge in [-0.15, -0.1) is 23.4 Å². The molecule has 13 heteroatoms. The van der Waals surface area contributed by atoms with Gasteiger partial charge in [0.2, 0.25) is 5.95 Å². The molecule has 3 heterocycles. The molecule has 0 fully saturated rings. The van der Waals surface area contributed by atoms with E-state index in [1.807, 2.05) is 24.3 Å². The minimum Gasteiger partial charge on any atom is -0.406 e. The number of amides is 2. The van der Waals surface area contributed by atoms with Crippen molar-refractivity contribution < 1.29 is 27.5 Å². The van der Waals surface area contributed by atoms with E-state index in [0.717, 1.165) is 11.3 Å². The molecule has 1 aliphatic heterocycles. The number of hydrogen-bond donors (Lipinski definition) is 4. The predicted octanol–water partition coefficient (Wildman–Crippen LogP) is 5.07. The van der Waals surface area contributed by atoms with Crippen molar-refractivity contribution in [1.29, 1.82) is 0 Å². The van der Waals surface area contributed by atoms with Crippen LogP contribution in [0.5, 0.6) is 5.75 Å². The molecule has 0 unspecified atom stereocenters. The molecule has 0 saturated carbocycles. The molecule has 4 N–H and O–H groups in total. The number of H-pyrrole nitrogens is 2. The van der Waals surface area contributed by atoms with E-state index in [1.165, 1.54) is 30.0 Å². The summed E-state index contributed by atoms with van der Waals surface area (Å²) in [6, 6.07) is 16.2. The van der Waals surface area contributed by atoms with Crippen molar-refractivity contribution >= 4 is 46.9 Å². The molecule has 9 nitrogen and oxygen atoms in total. The summed E-state index contributed by atoms with van der Waals surface area (Å²) < 4.78 is 41.2. The largest absolute Gasteiger partial charge is 0.573 e. The third-order valence-electron chi connectivity index (χ3n) is 5.17. The number of nitrogens with zero attached hydrogens (tertiary/aromatic N) is 2. The van der Waals surface area contributed by atoms with Crippen molar-refractivity contribution in [2.75, 3.05) is 10.6 Å². The van der Waals surface area contributed by atoms with Gasteiger partial charge in [-0.2, -0.15) is 0 Å². The van der Waals surface area contributed by atoms with Crippen LogP contribution in [-0.4, -0.2) is 38.3 Å². The van der Waals surface area contributed by atoms with Gasteiger partial charge < -0.3 is 20.0 Å². The highest BCUT2D eigenvalue weighted by Gasteiger charge is 2.31. The van der Waals surface area contributed by atoms with Gasteiger partial charge in [-0.3, -0.25) is 14.9 Å². The van der Waals surface area contributed by atoms with Crippen molar-refractivity contribution in [3.05, 3.63) is 83.2 Å². The van der Waals surface area contributed by atoms with Gasteiger partial charge in [0.1, 0.15) is 11.4 Å². The molecule has 2 amide bonds. The van der Waals surface area contributed by atoms with E-state index in [-0.39, 0.29) is 23.3 Å². The Balaban J connectivity index is 1.19. The normalized spacial score (nSPS) is 13.9. The zero-order valence-electron chi connectivity index (χ0n) is 18.7. The molecule has 0 radical (unpaired) electrons. The number of hydrogen-bond acceptors (Lipinski definition) is 6. The van der Waals surface area contributed by atoms with E-state index < -0.39 is 12.3 Å². The van der Waals surface area contributed by atoms with Crippen molar-refractivity contribution in [1.82, 2.24) is 20.2 Å². The second-order valence-electron chi connectivity index (χ2n) is 7.80. The maximum absolute atomic E-state index is 12.6. The lowest BCUT2D eigenvalue weighted by molar-refractivity contribution is -0.274. The van der Waals surface area contributed by atoms with E-state index in [0.29, 0.717) is 27.7 Å². The summed E-state index contributed by atoms with van der Waals surface area (Å²) in [7, 11) is 0. The minimum atomic E-state index is -4.77. The number of carbonyl (C=O) groups is 2. The molecule has 5 rings (SSSR count). The number of fused-ring (bicyclic) bond motifs is 1. The van der Waals surface area contributed by atoms with Gasteiger partial charge in [-0.25, -0.2) is 0 Å². The number of ether oxygens (including phenoxy) is 1. The molecule has 0 saturated heterocycles. The maximum Gasteiger partial charge on any atom is 0.573 e. The van der Waals surface area contributed by atoms with Gasteiger partial charge >= 0.3 is 6.36 Å². The first-order valence-electron chi connectivity index (χ1n) is 10.8. The fraction of sp³-hybridized carbons (Fsp3) is 0.0833. The lowest BCUT2D eigenvalue weighted by Crippen LogP contribution is -2.17. The second kappa shape index (κ2) is 9.85. The third kappa shape index (κ3) is 5.83. The van der Waals surface area contributed by atoms with Crippen LogP contribution < -0.4 is 15.4 Å². The molecule has 2 aromatic carbocycles. The topological polar surface area (TPSA) is 125 Å². The Morgan fingerprint density at radius 1 is 1.05 bits per heavy atom. The van der Waals surface area contributed by atoms with Crippen LogP contribution in [0.3, 0.4) is 0 Å². The average Bonchev–Trinajstić information content (AvgIpc) is 3.57. The first-order valence-corrected chi connectivity index (χ1v) is 11.7. The molecular weight excluding hydrogens is 509 g/mol. The highest BCUT2D eigenvalue weighted by atomic mass is 32.2. The van der Waals surface area contributed by atoms with E-state index in [4.69, 9.17) is 0 Å². The monoisotopic (exact) mass is 526 g/mol. The Bertz CT molecular complexity index is 1510. The van der Waals surface area contributed by atoms with Crippen molar-refractivity contribution in [2.24, 2.45) is 0 Å². The number of aromatic amines is 2. The maximum atomic E-state index is 12.6. The number of alkyl halides is 3. The summed E-state index contributed by atoms with van der Waals surface area (Å²) >= 11 is 1.19. The highest BCUT2D eigenvalue weighted by molar-refractivity contribution is 7.98. The number of thioether (sulfide) groups is 1. The number of benzene rings is 2. The van der Waals surface area contributed by atoms with Crippen LogP contribution in [0, 0.1) is 0 Å². The molecular formula is C24H17F3N6O3S. The summed E-state index contributed by atoms with van der Waals surface area (Å²) in [6.07, 6.45) is -3.10. The van der Waals surface area contributed by atoms with Crippen LogP contribution in [-0.2, 0) is 10.5 Å². The molecule has 1 aliphatic rings. The van der Waals surface area contributed by atoms with Crippen LogP contribution >= 0.6 is 11.8 Å². The lowest BCUT2D eigenvalue weighted by Gasteiger charge is -2.09. The fourth-order valence-corrected chi connectivity index (χ4v) is 4.34. The van der Waals surface area contributed by atoms with Gasteiger partial charge in [0.15, 0.2) is 5.16 Å². The average molecular weight is 527 g/mol. The summed E-state index contributed by atoms with van der Waals surface area (Å²) in [5, 5.41) is 13.5. The van der Waals surface area contributed by atoms with Crippen LogP contribution in [0.25, 0.3) is 11.6 Å². The summed E-state index contributed by atoms with van der Waals surface area (Å²) in [4.78, 5) is 30.7. The number of anilines is 2. The summed E-state index contributed by atoms with van der Waals surface area (Å²) in [6.45, 7) is 0. The highest BCUT2D eigenvalue weighted by Crippen LogP contribution is 2.32. The molecule has 2 aromatic heterocycles. The molecule has 0 bridgehead atoms. The first-order chi connectivity index (χ1) is 17.7. The molecule has 0 aliphatic carbocycles. The quantitative estimate of drug-likeness (QED) is 0.197. The number of para-hydroxylation sites is 1. The number of aromatic nitrogens is 4. The van der Waals surface area contributed by atoms with Gasteiger partial charge in [-0.05, 0) is 42.0 Å². The minimum absolute atomic E-state index is 0.0975. The van der Waals surface area contributed by atoms with Crippen LogP contribution in [0.1, 0.15) is 27.3 Å². The Morgan fingerprint density at radius 3 is 2.73 bits per heavy atom. The third-order valence-corrected chi connectivity index (χ3v) is 6.10. The lowest BCUT2D eigenvalue weighted by atomic mass is 10.1. The van der Waals surface area contributed by atoms with E-state index in [2.05, 4.69) is 35.5 Å². The Kier molecular flexibility index (Phi) is 6.44. The van der Waals surface area contributed by atoms with E-state index in [1.54, 1.807) is 24.3 Å². The Hall–Kier alpha value is -4.52. The van der Waals surface area contributed by atoms with Gasteiger partial charge in [0.05, 0.1) is 5.57 Å². The van der Waals surface area contributed by atoms with E-state index in [9.17, 15) is 22.8 Å². The standard InChI is InChI=1S/C24H17F3N6O3S/c25-24(26,27)36-15-5-3-4-13(10-15)12-37-23-31-22(32-33-23)30-21(35)19-9-8-14(28-19)11-17-16-6-1-2-7-18(16)29-20(17)34/h1-11,28H,12H2,(H,29,34)(H2,30,31,32,33,35)/b17-11-. The van der Waals surface area contributed by atoms with Crippen LogP contribution in [0.15, 0.2) is 65.8 Å². The number of nitrogens with one attached hydrogen (secondary N) is 4. The van der Waals surface area contributed by atoms with Crippen LogP contribution in [0.2, 0.25) is 0 Å². The molecule has 0 spiro atoms. The van der Waals surface area contributed by atoms with Crippen molar-refractivity contribution in [3.8, 4) is 5.75 Å². The number of rotatable bonds is 7. The Labute approximate surface area is 211 Å². The van der Waals surface area contributed by atoms with Crippen LogP contribution in [0.4, 0.5) is 24.8 Å². The summed E-state index contributed by atoms with van der Waals surface area (Å²) in [5.74, 6) is -0.628. The van der Waals surface area contributed by atoms with Crippen molar-refractivity contribution in [3.63, 3.8) is 0 Å². The first kappa shape index (κ1) is 24.2. The Morgan fingerprint density at radius 2 is 1.89 bits per heavy atom. The van der Waals surface area contributed by atoms with Gasteiger partial charge in [0, 0.05) is 22.7 Å². The molecule has 4 aromatic rings. The molecule has 0 atom stereocenters. The predicted molar refractivity (Wildman–Crippen MR) is 131 cm³/mol. The second-order valence-corrected chi connectivity index (χ2v) is 8.77. The zero-order chi connectivity index (χ0) is 26.0. The van der Waals surface area contributed by atoms with Gasteiger partial charge in [-0.1, -0.05) is 42.1 Å². The smallest absolute Gasteiger partial charge is 0.406 e. The number of halogens is 3. The van der Waals surface area contributed by atoms with Crippen molar-refractivity contribution in [2.45, 2.75) is 17.3 Å². The zero-order valence-corrected chi connectivity index (χ0v) is 19.5. The molecule has 188 valence electrons.